The quantitative estimate of drug-likeness (QED) is 0.715. The van der Waals surface area contributed by atoms with Gasteiger partial charge < -0.3 is 16.0 Å². The number of rotatable bonds is 7. The average Bonchev–Trinajstić information content (AvgIpc) is 2.44. The van der Waals surface area contributed by atoms with Crippen LogP contribution >= 0.6 is 11.6 Å². The van der Waals surface area contributed by atoms with E-state index in [2.05, 4.69) is 20.9 Å². The minimum Gasteiger partial charge on any atom is -0.372 e. The second kappa shape index (κ2) is 8.46. The molecule has 0 saturated carbocycles. The van der Waals surface area contributed by atoms with Crippen molar-refractivity contribution in [3.63, 3.8) is 0 Å². The molecule has 0 aromatic carbocycles. The first-order valence-corrected chi connectivity index (χ1v) is 7.20. The number of anilines is 1. The summed E-state index contributed by atoms with van der Waals surface area (Å²) in [6, 6.07) is 1.54. The second-order valence-electron chi connectivity index (χ2n) is 5.01. The van der Waals surface area contributed by atoms with Crippen molar-refractivity contribution in [2.24, 2.45) is 5.92 Å². The molecular weight excluding hydrogens is 292 g/mol. The van der Waals surface area contributed by atoms with E-state index in [-0.39, 0.29) is 24.8 Å². The third-order valence-electron chi connectivity index (χ3n) is 2.69. The summed E-state index contributed by atoms with van der Waals surface area (Å²) in [6.45, 7) is 4.95. The van der Waals surface area contributed by atoms with Gasteiger partial charge in [0.1, 0.15) is 5.82 Å². The average molecular weight is 313 g/mol. The van der Waals surface area contributed by atoms with Crippen molar-refractivity contribution in [1.82, 2.24) is 15.6 Å². The summed E-state index contributed by atoms with van der Waals surface area (Å²) in [5, 5.41) is 8.64. The summed E-state index contributed by atoms with van der Waals surface area (Å²) < 4.78 is 0. The fraction of sp³-hybridized carbons (Fsp3) is 0.500. The molecule has 0 aliphatic carbocycles. The number of carbonyl (C=O) groups is 2. The summed E-state index contributed by atoms with van der Waals surface area (Å²) in [5.74, 6) is 0.540. The van der Waals surface area contributed by atoms with Gasteiger partial charge in [0.15, 0.2) is 0 Å². The number of pyridine rings is 1. The van der Waals surface area contributed by atoms with Gasteiger partial charge in [-0.25, -0.2) is 4.98 Å². The highest BCUT2D eigenvalue weighted by Crippen LogP contribution is 2.19. The van der Waals surface area contributed by atoms with Crippen LogP contribution in [-0.4, -0.2) is 36.9 Å². The molecule has 0 saturated heterocycles. The van der Waals surface area contributed by atoms with E-state index in [9.17, 15) is 9.59 Å². The SMILES string of the molecule is CNc1ncc(C(=O)NCCC(=O)NCC(C)C)cc1Cl. The van der Waals surface area contributed by atoms with Crippen molar-refractivity contribution in [1.29, 1.82) is 0 Å². The maximum absolute atomic E-state index is 11.9. The lowest BCUT2D eigenvalue weighted by molar-refractivity contribution is -0.121. The number of amides is 2. The molecule has 116 valence electrons. The minimum absolute atomic E-state index is 0.0781. The van der Waals surface area contributed by atoms with E-state index >= 15 is 0 Å². The number of hydrogen-bond donors (Lipinski definition) is 3. The van der Waals surface area contributed by atoms with Crippen LogP contribution in [0.4, 0.5) is 5.82 Å². The zero-order chi connectivity index (χ0) is 15.8. The van der Waals surface area contributed by atoms with Gasteiger partial charge in [-0.1, -0.05) is 25.4 Å². The predicted molar refractivity (Wildman–Crippen MR) is 83.6 cm³/mol. The Labute approximate surface area is 129 Å². The van der Waals surface area contributed by atoms with Crippen LogP contribution in [0, 0.1) is 5.92 Å². The first-order chi connectivity index (χ1) is 9.93. The summed E-state index contributed by atoms with van der Waals surface area (Å²) in [7, 11) is 1.70. The Hall–Kier alpha value is -1.82. The van der Waals surface area contributed by atoms with Crippen molar-refractivity contribution in [2.75, 3.05) is 25.5 Å². The molecule has 1 aromatic rings. The molecule has 0 radical (unpaired) electrons. The standard InChI is InChI=1S/C14H21ClN4O2/c1-9(2)7-18-12(20)4-5-17-14(21)10-6-11(15)13(16-3)19-8-10/h6,8-9H,4-5,7H2,1-3H3,(H,16,19)(H,17,21)(H,18,20). The van der Waals surface area contributed by atoms with Gasteiger partial charge in [0.05, 0.1) is 10.6 Å². The normalized spacial score (nSPS) is 10.3. The van der Waals surface area contributed by atoms with Crippen LogP contribution in [0.3, 0.4) is 0 Å². The minimum atomic E-state index is -0.302. The smallest absolute Gasteiger partial charge is 0.252 e. The lowest BCUT2D eigenvalue weighted by Crippen LogP contribution is -2.32. The first kappa shape index (κ1) is 17.2. The zero-order valence-corrected chi connectivity index (χ0v) is 13.3. The molecule has 6 nitrogen and oxygen atoms in total. The van der Waals surface area contributed by atoms with Crippen LogP contribution in [0.15, 0.2) is 12.3 Å². The molecule has 1 rings (SSSR count). The third-order valence-corrected chi connectivity index (χ3v) is 2.97. The zero-order valence-electron chi connectivity index (χ0n) is 12.5. The van der Waals surface area contributed by atoms with Gasteiger partial charge in [-0.15, -0.1) is 0 Å². The third kappa shape index (κ3) is 5.99. The second-order valence-corrected chi connectivity index (χ2v) is 5.42. The molecule has 2 amide bonds. The molecule has 21 heavy (non-hydrogen) atoms. The number of nitrogens with zero attached hydrogens (tertiary/aromatic N) is 1. The Bertz CT molecular complexity index is 506. The Balaban J connectivity index is 2.40. The highest BCUT2D eigenvalue weighted by atomic mass is 35.5. The van der Waals surface area contributed by atoms with Crippen LogP contribution in [0.5, 0.6) is 0 Å². The molecule has 3 N–H and O–H groups in total. The predicted octanol–water partition coefficient (Wildman–Crippen LogP) is 1.67. The van der Waals surface area contributed by atoms with Gasteiger partial charge in [0.2, 0.25) is 5.91 Å². The summed E-state index contributed by atoms with van der Waals surface area (Å²) >= 11 is 5.96. The molecule has 0 spiro atoms. The van der Waals surface area contributed by atoms with Crippen molar-refractivity contribution < 1.29 is 9.59 Å². The van der Waals surface area contributed by atoms with Gasteiger partial charge in [-0.05, 0) is 12.0 Å². The van der Waals surface area contributed by atoms with Gasteiger partial charge in [0.25, 0.3) is 5.91 Å². The van der Waals surface area contributed by atoms with E-state index in [0.29, 0.717) is 28.9 Å². The maximum Gasteiger partial charge on any atom is 0.252 e. The number of hydrogen-bond acceptors (Lipinski definition) is 4. The molecule has 0 unspecified atom stereocenters. The van der Waals surface area contributed by atoms with Gasteiger partial charge >= 0.3 is 0 Å². The number of aromatic nitrogens is 1. The summed E-state index contributed by atoms with van der Waals surface area (Å²) in [5.41, 5.74) is 0.363. The summed E-state index contributed by atoms with van der Waals surface area (Å²) in [6.07, 6.45) is 1.68. The van der Waals surface area contributed by atoms with E-state index in [1.165, 1.54) is 12.3 Å². The molecule has 0 atom stereocenters. The number of nitrogens with one attached hydrogen (secondary N) is 3. The van der Waals surface area contributed by atoms with Crippen LogP contribution in [-0.2, 0) is 4.79 Å². The van der Waals surface area contributed by atoms with E-state index in [1.807, 2.05) is 13.8 Å². The molecule has 1 heterocycles. The lowest BCUT2D eigenvalue weighted by atomic mass is 10.2. The van der Waals surface area contributed by atoms with Crippen molar-refractivity contribution in [3.8, 4) is 0 Å². The fourth-order valence-electron chi connectivity index (χ4n) is 1.54. The molecular formula is C14H21ClN4O2. The molecule has 0 aliphatic heterocycles. The van der Waals surface area contributed by atoms with Crippen LogP contribution in [0.25, 0.3) is 0 Å². The van der Waals surface area contributed by atoms with Crippen LogP contribution in [0.2, 0.25) is 5.02 Å². The van der Waals surface area contributed by atoms with Crippen LogP contribution < -0.4 is 16.0 Å². The molecule has 0 bridgehead atoms. The van der Waals surface area contributed by atoms with E-state index in [1.54, 1.807) is 7.05 Å². The number of carbonyl (C=O) groups excluding carboxylic acids is 2. The monoisotopic (exact) mass is 312 g/mol. The van der Waals surface area contributed by atoms with E-state index in [4.69, 9.17) is 11.6 Å². The van der Waals surface area contributed by atoms with Crippen molar-refractivity contribution in [3.05, 3.63) is 22.8 Å². The van der Waals surface area contributed by atoms with Gasteiger partial charge in [-0.2, -0.15) is 0 Å². The highest BCUT2D eigenvalue weighted by molar-refractivity contribution is 6.33. The van der Waals surface area contributed by atoms with E-state index < -0.39 is 0 Å². The lowest BCUT2D eigenvalue weighted by Gasteiger charge is -2.09. The Morgan fingerprint density at radius 1 is 1.33 bits per heavy atom. The van der Waals surface area contributed by atoms with Crippen molar-refractivity contribution >= 4 is 29.2 Å². The summed E-state index contributed by atoms with van der Waals surface area (Å²) in [4.78, 5) is 27.4. The Kier molecular flexibility index (Phi) is 6.94. The topological polar surface area (TPSA) is 83.1 Å². The van der Waals surface area contributed by atoms with Gasteiger partial charge in [-0.3, -0.25) is 9.59 Å². The van der Waals surface area contributed by atoms with Gasteiger partial charge in [0, 0.05) is 32.8 Å². The largest absolute Gasteiger partial charge is 0.372 e. The van der Waals surface area contributed by atoms with Crippen LogP contribution in [0.1, 0.15) is 30.6 Å². The number of halogens is 1. The maximum atomic E-state index is 11.9. The van der Waals surface area contributed by atoms with Crippen molar-refractivity contribution in [2.45, 2.75) is 20.3 Å². The first-order valence-electron chi connectivity index (χ1n) is 6.82. The molecule has 0 aliphatic rings. The molecule has 1 aromatic heterocycles. The molecule has 0 fully saturated rings. The molecule has 7 heteroatoms. The Morgan fingerprint density at radius 3 is 2.62 bits per heavy atom. The fourth-order valence-corrected chi connectivity index (χ4v) is 1.80. The Morgan fingerprint density at radius 2 is 2.05 bits per heavy atom. The van der Waals surface area contributed by atoms with E-state index in [0.717, 1.165) is 0 Å². The highest BCUT2D eigenvalue weighted by Gasteiger charge is 2.10.